The topological polar surface area (TPSA) is 55.4 Å². The zero-order valence-corrected chi connectivity index (χ0v) is 15.6. The molecule has 1 aromatic carbocycles. The van der Waals surface area contributed by atoms with Crippen LogP contribution in [-0.4, -0.2) is 18.4 Å². The number of amides is 1. The van der Waals surface area contributed by atoms with E-state index in [9.17, 15) is 9.59 Å². The van der Waals surface area contributed by atoms with Crippen molar-refractivity contribution in [2.75, 3.05) is 6.54 Å². The first-order valence-electron chi connectivity index (χ1n) is 9.68. The summed E-state index contributed by atoms with van der Waals surface area (Å²) < 4.78 is 5.16. The zero-order valence-electron chi connectivity index (χ0n) is 15.6. The van der Waals surface area contributed by atoms with Crippen molar-refractivity contribution in [1.29, 1.82) is 0 Å². The summed E-state index contributed by atoms with van der Waals surface area (Å²) >= 11 is 0. The number of hydrogen-bond donors (Lipinski definition) is 1. The maximum atomic E-state index is 11.6. The lowest BCUT2D eigenvalue weighted by Gasteiger charge is -2.07. The summed E-state index contributed by atoms with van der Waals surface area (Å²) in [5.74, 6) is 0.384. The molecule has 25 heavy (non-hydrogen) atoms. The second-order valence-corrected chi connectivity index (χ2v) is 6.46. The highest BCUT2D eigenvalue weighted by molar-refractivity contribution is 5.77. The lowest BCUT2D eigenvalue weighted by Crippen LogP contribution is -2.25. The molecular weight excluding hydrogens is 314 g/mol. The molecule has 0 aliphatic carbocycles. The average molecular weight is 347 g/mol. The third-order valence-corrected chi connectivity index (χ3v) is 4.26. The molecule has 1 aromatic rings. The van der Waals surface area contributed by atoms with Gasteiger partial charge < -0.3 is 10.1 Å². The van der Waals surface area contributed by atoms with Crippen molar-refractivity contribution in [1.82, 2.24) is 5.32 Å². The summed E-state index contributed by atoms with van der Waals surface area (Å²) in [4.78, 5) is 22.7. The van der Waals surface area contributed by atoms with Crippen LogP contribution in [0.25, 0.3) is 0 Å². The second-order valence-electron chi connectivity index (χ2n) is 6.46. The third-order valence-electron chi connectivity index (χ3n) is 4.26. The summed E-state index contributed by atoms with van der Waals surface area (Å²) in [5, 5.41) is 2.79. The number of carbonyl (C=O) groups excluding carboxylic acids is 2. The van der Waals surface area contributed by atoms with Gasteiger partial charge in [0.25, 0.3) is 0 Å². The van der Waals surface area contributed by atoms with Crippen LogP contribution in [-0.2, 0) is 16.1 Å². The van der Waals surface area contributed by atoms with Gasteiger partial charge in [-0.1, -0.05) is 75.8 Å². The predicted molar refractivity (Wildman–Crippen MR) is 101 cm³/mol. The molecule has 0 atom stereocenters. The average Bonchev–Trinajstić information content (AvgIpc) is 2.65. The van der Waals surface area contributed by atoms with E-state index in [0.29, 0.717) is 25.4 Å². The molecule has 140 valence electrons. The lowest BCUT2D eigenvalue weighted by atomic mass is 10.1. The van der Waals surface area contributed by atoms with E-state index >= 15 is 0 Å². The Balaban J connectivity index is 1.83. The first kappa shape index (κ1) is 21.2. The van der Waals surface area contributed by atoms with Gasteiger partial charge in [-0.2, -0.15) is 0 Å². The van der Waals surface area contributed by atoms with Gasteiger partial charge in [0.05, 0.1) is 0 Å². The van der Waals surface area contributed by atoms with Crippen LogP contribution in [0.2, 0.25) is 0 Å². The van der Waals surface area contributed by atoms with Crippen molar-refractivity contribution in [3.8, 4) is 0 Å². The van der Waals surface area contributed by atoms with E-state index in [-0.39, 0.29) is 6.09 Å². The molecule has 0 heterocycles. The van der Waals surface area contributed by atoms with Crippen LogP contribution in [0.5, 0.6) is 0 Å². The third kappa shape index (κ3) is 12.2. The van der Waals surface area contributed by atoms with E-state index in [0.717, 1.165) is 31.2 Å². The number of unbranched alkanes of at least 4 members (excludes halogenated alkanes) is 7. The van der Waals surface area contributed by atoms with Crippen molar-refractivity contribution in [3.63, 3.8) is 0 Å². The Bertz CT molecular complexity index is 473. The van der Waals surface area contributed by atoms with Gasteiger partial charge in [0.1, 0.15) is 12.4 Å². The fourth-order valence-corrected chi connectivity index (χ4v) is 2.65. The van der Waals surface area contributed by atoms with Crippen molar-refractivity contribution in [3.05, 3.63) is 35.9 Å². The molecule has 0 saturated carbocycles. The normalized spacial score (nSPS) is 10.4. The standard InChI is InChI=1S/C21H33NO3/c1-2-20(23)16-12-7-5-3-4-6-8-13-17-22-21(24)25-18-19-14-10-9-11-15-19/h9-11,14-15H,2-8,12-13,16-18H2,1H3,(H,22,24). The molecule has 0 aliphatic rings. The number of carbonyl (C=O) groups is 2. The first-order chi connectivity index (χ1) is 12.2. The highest BCUT2D eigenvalue weighted by Crippen LogP contribution is 2.10. The van der Waals surface area contributed by atoms with Gasteiger partial charge in [-0.3, -0.25) is 4.79 Å². The SMILES string of the molecule is CCC(=O)CCCCCCCCCCNC(=O)OCc1ccccc1. The van der Waals surface area contributed by atoms with Crippen molar-refractivity contribution in [2.24, 2.45) is 0 Å². The first-order valence-corrected chi connectivity index (χ1v) is 9.68. The van der Waals surface area contributed by atoms with Crippen molar-refractivity contribution >= 4 is 11.9 Å². The molecule has 1 rings (SSSR count). The monoisotopic (exact) mass is 347 g/mol. The molecule has 4 heteroatoms. The molecule has 1 amide bonds. The van der Waals surface area contributed by atoms with Crippen molar-refractivity contribution in [2.45, 2.75) is 77.7 Å². The smallest absolute Gasteiger partial charge is 0.407 e. The van der Waals surface area contributed by atoms with Crippen molar-refractivity contribution < 1.29 is 14.3 Å². The van der Waals surface area contributed by atoms with Gasteiger partial charge in [0.15, 0.2) is 0 Å². The highest BCUT2D eigenvalue weighted by Gasteiger charge is 2.01. The van der Waals surface area contributed by atoms with E-state index in [1.165, 1.54) is 32.1 Å². The summed E-state index contributed by atoms with van der Waals surface area (Å²) in [6.45, 7) is 2.92. The molecule has 0 unspecified atom stereocenters. The summed E-state index contributed by atoms with van der Waals surface area (Å²) in [5.41, 5.74) is 0.997. The number of benzene rings is 1. The summed E-state index contributed by atoms with van der Waals surface area (Å²) in [6, 6.07) is 9.68. The molecule has 0 bridgehead atoms. The second kappa shape index (κ2) is 14.5. The minimum Gasteiger partial charge on any atom is -0.445 e. The Morgan fingerprint density at radius 1 is 0.880 bits per heavy atom. The number of Topliss-reactive ketones (excluding diaryl/α,β-unsaturated/α-hetero) is 1. The largest absolute Gasteiger partial charge is 0.445 e. The van der Waals surface area contributed by atoms with E-state index in [1.54, 1.807) is 0 Å². The quantitative estimate of drug-likeness (QED) is 0.458. The zero-order chi connectivity index (χ0) is 18.2. The Morgan fingerprint density at radius 3 is 2.12 bits per heavy atom. The minimum absolute atomic E-state index is 0.316. The lowest BCUT2D eigenvalue weighted by molar-refractivity contribution is -0.118. The van der Waals surface area contributed by atoms with Crippen LogP contribution in [0, 0.1) is 0 Å². The molecule has 0 aliphatic heterocycles. The number of rotatable bonds is 14. The Kier molecular flexibility index (Phi) is 12.3. The molecule has 0 saturated heterocycles. The fraction of sp³-hybridized carbons (Fsp3) is 0.619. The fourth-order valence-electron chi connectivity index (χ4n) is 2.65. The molecule has 0 radical (unpaired) electrons. The molecule has 0 fully saturated rings. The van der Waals surface area contributed by atoms with Gasteiger partial charge in [0.2, 0.25) is 0 Å². The van der Waals surface area contributed by atoms with E-state index < -0.39 is 0 Å². The van der Waals surface area contributed by atoms with Crippen LogP contribution in [0.4, 0.5) is 4.79 Å². The minimum atomic E-state index is -0.342. The van der Waals surface area contributed by atoms with Gasteiger partial charge in [-0.15, -0.1) is 0 Å². The number of ketones is 1. The van der Waals surface area contributed by atoms with Gasteiger partial charge >= 0.3 is 6.09 Å². The number of ether oxygens (including phenoxy) is 1. The molecule has 0 spiro atoms. The molecule has 0 aromatic heterocycles. The number of nitrogens with one attached hydrogen (secondary N) is 1. The van der Waals surface area contributed by atoms with E-state index in [1.807, 2.05) is 37.3 Å². The summed E-state index contributed by atoms with van der Waals surface area (Å²) in [7, 11) is 0. The maximum Gasteiger partial charge on any atom is 0.407 e. The number of alkyl carbamates (subject to hydrolysis) is 1. The molecule has 4 nitrogen and oxygen atoms in total. The van der Waals surface area contributed by atoms with Crippen LogP contribution in [0.3, 0.4) is 0 Å². The van der Waals surface area contributed by atoms with Gasteiger partial charge in [0, 0.05) is 19.4 Å². The molecular formula is C21H33NO3. The summed E-state index contributed by atoms with van der Waals surface area (Å²) in [6.07, 6.45) is 10.3. The Hall–Kier alpha value is -1.84. The predicted octanol–water partition coefficient (Wildman–Crippen LogP) is 5.40. The Labute approximate surface area is 152 Å². The van der Waals surface area contributed by atoms with Crippen LogP contribution >= 0.6 is 0 Å². The van der Waals surface area contributed by atoms with Gasteiger partial charge in [-0.25, -0.2) is 4.79 Å². The van der Waals surface area contributed by atoms with Crippen LogP contribution in [0.15, 0.2) is 30.3 Å². The van der Waals surface area contributed by atoms with E-state index in [4.69, 9.17) is 4.74 Å². The van der Waals surface area contributed by atoms with Gasteiger partial charge in [-0.05, 0) is 18.4 Å². The molecule has 1 N–H and O–H groups in total. The van der Waals surface area contributed by atoms with Crippen LogP contribution < -0.4 is 5.32 Å². The Morgan fingerprint density at radius 2 is 1.48 bits per heavy atom. The maximum absolute atomic E-state index is 11.6. The number of hydrogen-bond acceptors (Lipinski definition) is 3. The van der Waals surface area contributed by atoms with Crippen LogP contribution in [0.1, 0.15) is 76.7 Å². The van der Waals surface area contributed by atoms with E-state index in [2.05, 4.69) is 5.32 Å². The highest BCUT2D eigenvalue weighted by atomic mass is 16.5.